The lowest BCUT2D eigenvalue weighted by Crippen LogP contribution is -2.46. The van der Waals surface area contributed by atoms with E-state index >= 15 is 0 Å². The van der Waals surface area contributed by atoms with E-state index < -0.39 is 23.4 Å². The number of benzene rings is 3. The van der Waals surface area contributed by atoms with Crippen LogP contribution in [0.3, 0.4) is 0 Å². The van der Waals surface area contributed by atoms with Crippen molar-refractivity contribution in [1.29, 1.82) is 0 Å². The first-order valence-electron chi connectivity index (χ1n) is 14.3. The van der Waals surface area contributed by atoms with Crippen molar-refractivity contribution in [2.75, 3.05) is 6.54 Å². The van der Waals surface area contributed by atoms with Crippen LogP contribution in [0.4, 0.5) is 9.59 Å². The van der Waals surface area contributed by atoms with Crippen molar-refractivity contribution in [3.8, 4) is 5.75 Å². The van der Waals surface area contributed by atoms with E-state index in [1.807, 2.05) is 24.3 Å². The first-order valence-corrected chi connectivity index (χ1v) is 14.3. The molecule has 1 aliphatic carbocycles. The molecule has 0 aliphatic heterocycles. The largest absolute Gasteiger partial charge is 0.481 e. The summed E-state index contributed by atoms with van der Waals surface area (Å²) >= 11 is 0. The van der Waals surface area contributed by atoms with Gasteiger partial charge in [0, 0.05) is 17.7 Å². The molecule has 8 nitrogen and oxygen atoms in total. The molecule has 0 fully saturated rings. The van der Waals surface area contributed by atoms with Crippen LogP contribution in [0.25, 0.3) is 0 Å². The Hall–Kier alpha value is -4.33. The minimum Gasteiger partial charge on any atom is -0.481 e. The van der Waals surface area contributed by atoms with Crippen LogP contribution in [-0.2, 0) is 28.7 Å². The Morgan fingerprint density at radius 2 is 1.33 bits per heavy atom. The highest BCUT2D eigenvalue weighted by molar-refractivity contribution is 5.98. The number of hydrogen-bond acceptors (Lipinski definition) is 5. The van der Waals surface area contributed by atoms with Crippen LogP contribution >= 0.6 is 0 Å². The molecular formula is C34H41N3O5. The predicted octanol–water partition coefficient (Wildman–Crippen LogP) is 6.98. The summed E-state index contributed by atoms with van der Waals surface area (Å²) in [5, 5.41) is 0. The molecule has 0 bridgehead atoms. The summed E-state index contributed by atoms with van der Waals surface area (Å²) in [6, 6.07) is 24.7. The molecule has 1 aliphatic rings. The summed E-state index contributed by atoms with van der Waals surface area (Å²) in [7, 11) is 0. The molecule has 3 aromatic carbocycles. The van der Waals surface area contributed by atoms with Gasteiger partial charge in [-0.2, -0.15) is 0 Å². The molecule has 0 saturated carbocycles. The summed E-state index contributed by atoms with van der Waals surface area (Å²) in [5.41, 5.74) is 10.5. The van der Waals surface area contributed by atoms with E-state index in [0.29, 0.717) is 6.42 Å². The maximum atomic E-state index is 13.0. The van der Waals surface area contributed by atoms with E-state index in [0.717, 1.165) is 29.1 Å². The van der Waals surface area contributed by atoms with Gasteiger partial charge in [-0.15, -0.1) is 4.99 Å². The number of nitrogens with zero attached hydrogens (tertiary/aromatic N) is 2. The second kappa shape index (κ2) is 12.7. The van der Waals surface area contributed by atoms with Crippen LogP contribution in [0.2, 0.25) is 0 Å². The van der Waals surface area contributed by atoms with E-state index in [4.69, 9.17) is 19.9 Å². The Kier molecular flexibility index (Phi) is 9.24. The molecule has 2 amide bonds. The Balaban J connectivity index is 1.50. The Bertz CT molecular complexity index is 1390. The highest BCUT2D eigenvalue weighted by Crippen LogP contribution is 2.36. The van der Waals surface area contributed by atoms with Crippen molar-refractivity contribution in [3.05, 3.63) is 101 Å². The van der Waals surface area contributed by atoms with E-state index in [2.05, 4.69) is 53.5 Å². The molecule has 0 radical (unpaired) electrons. The van der Waals surface area contributed by atoms with Gasteiger partial charge < -0.3 is 19.9 Å². The summed E-state index contributed by atoms with van der Waals surface area (Å²) in [6.45, 7) is 10.6. The van der Waals surface area contributed by atoms with E-state index in [1.165, 1.54) is 22.3 Å². The van der Waals surface area contributed by atoms with Crippen LogP contribution in [0.5, 0.6) is 5.75 Å². The Morgan fingerprint density at radius 3 is 1.86 bits per heavy atom. The van der Waals surface area contributed by atoms with Gasteiger partial charge in [-0.05, 0) is 89.6 Å². The average Bonchev–Trinajstić information content (AvgIpc) is 3.05. The molecular weight excluding hydrogens is 530 g/mol. The van der Waals surface area contributed by atoms with Gasteiger partial charge >= 0.3 is 12.2 Å². The normalized spacial score (nSPS) is 13.8. The van der Waals surface area contributed by atoms with Crippen LogP contribution < -0.4 is 10.5 Å². The molecule has 3 aromatic rings. The minimum atomic E-state index is -0.878. The molecule has 42 heavy (non-hydrogen) atoms. The summed E-state index contributed by atoms with van der Waals surface area (Å²) in [4.78, 5) is 30.2. The quantitative estimate of drug-likeness (QED) is 0.262. The zero-order valence-electron chi connectivity index (χ0n) is 25.3. The van der Waals surface area contributed by atoms with E-state index in [9.17, 15) is 9.59 Å². The fourth-order valence-electron chi connectivity index (χ4n) is 4.77. The number of ether oxygens (including phenoxy) is 3. The molecule has 0 aromatic heterocycles. The standard InChI is InChI=1S/C34H41N3O5/c1-33(2,3)41-31(38)36-30(35)37(32(39)42-34(4,5)6)22-21-23-15-19-26(20-16-23)40-29-27-13-9-7-11-24(27)17-18-25-12-8-10-14-28(25)29/h7-16,19-20,29H,17-18,21-22H2,1-6H3,(H2,35,36,38). The lowest BCUT2D eigenvalue weighted by atomic mass is 9.97. The lowest BCUT2D eigenvalue weighted by Gasteiger charge is -2.27. The highest BCUT2D eigenvalue weighted by atomic mass is 16.6. The molecule has 222 valence electrons. The van der Waals surface area contributed by atoms with E-state index in [1.54, 1.807) is 41.5 Å². The number of aliphatic imine (C=N–C) groups is 1. The minimum absolute atomic E-state index is 0.149. The van der Waals surface area contributed by atoms with Gasteiger partial charge in [0.25, 0.3) is 0 Å². The number of carbonyl (C=O) groups is 2. The van der Waals surface area contributed by atoms with Gasteiger partial charge in [0.1, 0.15) is 23.1 Å². The van der Waals surface area contributed by atoms with Gasteiger partial charge in [-0.25, -0.2) is 14.5 Å². The number of rotatable bonds is 5. The van der Waals surface area contributed by atoms with Crippen molar-refractivity contribution < 1.29 is 23.8 Å². The van der Waals surface area contributed by atoms with Crippen LogP contribution in [0.15, 0.2) is 77.8 Å². The molecule has 8 heteroatoms. The predicted molar refractivity (Wildman–Crippen MR) is 164 cm³/mol. The Labute approximate surface area is 248 Å². The number of guanidine groups is 1. The number of aryl methyl sites for hydroxylation is 2. The highest BCUT2D eigenvalue weighted by Gasteiger charge is 2.27. The maximum absolute atomic E-state index is 13.0. The third-order valence-corrected chi connectivity index (χ3v) is 6.63. The lowest BCUT2D eigenvalue weighted by molar-refractivity contribution is 0.0368. The van der Waals surface area contributed by atoms with Crippen molar-refractivity contribution in [3.63, 3.8) is 0 Å². The third kappa shape index (κ3) is 8.35. The molecule has 0 unspecified atom stereocenters. The van der Waals surface area contributed by atoms with Gasteiger partial charge in [0.2, 0.25) is 5.96 Å². The first-order chi connectivity index (χ1) is 19.8. The third-order valence-electron chi connectivity index (χ3n) is 6.63. The fraction of sp³-hybridized carbons (Fsp3) is 0.382. The van der Waals surface area contributed by atoms with Crippen molar-refractivity contribution in [2.45, 2.75) is 78.1 Å². The zero-order valence-corrected chi connectivity index (χ0v) is 25.3. The number of carbonyl (C=O) groups excluding carboxylic acids is 2. The molecule has 0 atom stereocenters. The number of fused-ring (bicyclic) bond motifs is 2. The summed E-state index contributed by atoms with van der Waals surface area (Å²) in [5.74, 6) is 0.453. The summed E-state index contributed by atoms with van der Waals surface area (Å²) < 4.78 is 17.4. The molecule has 4 rings (SSSR count). The zero-order chi connectivity index (χ0) is 30.5. The second-order valence-electron chi connectivity index (χ2n) is 12.4. The second-order valence-corrected chi connectivity index (χ2v) is 12.4. The number of hydrogen-bond donors (Lipinski definition) is 1. The van der Waals surface area contributed by atoms with Gasteiger partial charge in [-0.1, -0.05) is 60.7 Å². The van der Waals surface area contributed by atoms with Crippen LogP contribution in [-0.4, -0.2) is 40.8 Å². The summed E-state index contributed by atoms with van der Waals surface area (Å²) in [6.07, 6.45) is 0.604. The topological polar surface area (TPSA) is 103 Å². The van der Waals surface area contributed by atoms with Crippen molar-refractivity contribution in [2.24, 2.45) is 10.7 Å². The van der Waals surface area contributed by atoms with Gasteiger partial charge in [0.15, 0.2) is 0 Å². The Morgan fingerprint density at radius 1 is 0.810 bits per heavy atom. The maximum Gasteiger partial charge on any atom is 0.437 e. The monoisotopic (exact) mass is 571 g/mol. The first kappa shape index (κ1) is 30.6. The van der Waals surface area contributed by atoms with Crippen molar-refractivity contribution >= 4 is 18.1 Å². The molecule has 0 saturated heterocycles. The van der Waals surface area contributed by atoms with Crippen molar-refractivity contribution in [1.82, 2.24) is 4.90 Å². The van der Waals surface area contributed by atoms with Crippen LogP contribution in [0, 0.1) is 0 Å². The SMILES string of the molecule is CC(C)(C)OC(=O)N=C(N)N(CCc1ccc(OC2c3ccccc3CCc3ccccc32)cc1)C(=O)OC(C)(C)C. The van der Waals surface area contributed by atoms with Crippen LogP contribution in [0.1, 0.15) is 75.5 Å². The van der Waals surface area contributed by atoms with E-state index in [-0.39, 0.29) is 18.6 Å². The number of amides is 2. The molecule has 2 N–H and O–H groups in total. The van der Waals surface area contributed by atoms with Gasteiger partial charge in [-0.3, -0.25) is 0 Å². The van der Waals surface area contributed by atoms with Gasteiger partial charge in [0.05, 0.1) is 0 Å². The smallest absolute Gasteiger partial charge is 0.437 e. The molecule has 0 spiro atoms. The average molecular weight is 572 g/mol. The number of nitrogens with two attached hydrogens (primary N) is 1. The fourth-order valence-corrected chi connectivity index (χ4v) is 4.77. The molecule has 0 heterocycles.